The van der Waals surface area contributed by atoms with Crippen LogP contribution < -0.4 is 0 Å². The molecule has 0 aromatic heterocycles. The number of phenolic OH excluding ortho intramolecular Hbond substituents is 1. The molecule has 48 valence electrons. The molecule has 0 spiro atoms. The molecule has 0 aliphatic carbocycles. The molecule has 1 nitrogen and oxygen atoms in total. The molecule has 0 aliphatic heterocycles. The van der Waals surface area contributed by atoms with Crippen molar-refractivity contribution in [2.24, 2.45) is 0 Å². The predicted octanol–water partition coefficient (Wildman–Crippen LogP) is 1.39. The van der Waals surface area contributed by atoms with Crippen LogP contribution in [0.15, 0.2) is 30.8 Å². The van der Waals surface area contributed by atoms with Gasteiger partial charge in [-0.15, -0.1) is 0 Å². The summed E-state index contributed by atoms with van der Waals surface area (Å²) in [6.45, 7) is 3.58. The fourth-order valence-corrected chi connectivity index (χ4v) is 0.610. The van der Waals surface area contributed by atoms with Gasteiger partial charge in [0.1, 0.15) is 5.75 Å². The van der Waals surface area contributed by atoms with Crippen molar-refractivity contribution < 1.29 is 5.11 Å². The molecule has 2 heteroatoms. The SMILES string of the molecule is C=Cc1ccc(O)cc1.[NaH]. The van der Waals surface area contributed by atoms with E-state index in [2.05, 4.69) is 6.58 Å². The monoisotopic (exact) mass is 144 g/mol. The summed E-state index contributed by atoms with van der Waals surface area (Å²) in [5.74, 6) is 0.292. The van der Waals surface area contributed by atoms with Gasteiger partial charge in [0.05, 0.1) is 0 Å². The molecule has 1 rings (SSSR count). The van der Waals surface area contributed by atoms with Crippen molar-refractivity contribution in [3.05, 3.63) is 36.4 Å². The van der Waals surface area contributed by atoms with Gasteiger partial charge in [-0.2, -0.15) is 0 Å². The van der Waals surface area contributed by atoms with E-state index in [4.69, 9.17) is 5.11 Å². The molecule has 1 aromatic carbocycles. The van der Waals surface area contributed by atoms with Crippen LogP contribution in [-0.4, -0.2) is 34.7 Å². The van der Waals surface area contributed by atoms with Crippen LogP contribution in [-0.2, 0) is 0 Å². The van der Waals surface area contributed by atoms with Crippen LogP contribution >= 0.6 is 0 Å². The summed E-state index contributed by atoms with van der Waals surface area (Å²) in [5, 5.41) is 8.82. The normalized spacial score (nSPS) is 8.00. The van der Waals surface area contributed by atoms with Crippen molar-refractivity contribution in [2.45, 2.75) is 0 Å². The van der Waals surface area contributed by atoms with Gasteiger partial charge in [-0.3, -0.25) is 0 Å². The van der Waals surface area contributed by atoms with Gasteiger partial charge < -0.3 is 5.11 Å². The molecular formula is C8H9NaO. The molecule has 0 unspecified atom stereocenters. The molecule has 10 heavy (non-hydrogen) atoms. The van der Waals surface area contributed by atoms with E-state index < -0.39 is 0 Å². The van der Waals surface area contributed by atoms with E-state index in [0.29, 0.717) is 5.75 Å². The summed E-state index contributed by atoms with van der Waals surface area (Å²) in [4.78, 5) is 0. The third kappa shape index (κ3) is 2.56. The van der Waals surface area contributed by atoms with Gasteiger partial charge in [0.15, 0.2) is 0 Å². The van der Waals surface area contributed by atoms with Crippen LogP contribution in [0.25, 0.3) is 6.08 Å². The van der Waals surface area contributed by atoms with Gasteiger partial charge in [0.2, 0.25) is 0 Å². The van der Waals surface area contributed by atoms with Gasteiger partial charge in [-0.1, -0.05) is 24.8 Å². The first kappa shape index (κ1) is 9.76. The minimum atomic E-state index is 0. The van der Waals surface area contributed by atoms with Crippen LogP contribution in [0.4, 0.5) is 0 Å². The molecular weight excluding hydrogens is 135 g/mol. The standard InChI is InChI=1S/C8H8O.Na.H/c1-2-7-3-5-8(9)6-4-7;;/h2-6,9H,1H2;;. The molecule has 1 N–H and O–H groups in total. The third-order valence-electron chi connectivity index (χ3n) is 1.13. The second-order valence-electron chi connectivity index (χ2n) is 1.80. The Kier molecular flexibility index (Phi) is 4.45. The Morgan fingerprint density at radius 3 is 2.10 bits per heavy atom. The third-order valence-corrected chi connectivity index (χ3v) is 1.13. The number of hydrogen-bond donors (Lipinski definition) is 1. The molecule has 0 aliphatic rings. The van der Waals surface area contributed by atoms with Crippen molar-refractivity contribution in [1.82, 2.24) is 0 Å². The Morgan fingerprint density at radius 2 is 1.70 bits per heavy atom. The zero-order valence-corrected chi connectivity index (χ0v) is 5.04. The van der Waals surface area contributed by atoms with E-state index in [9.17, 15) is 0 Å². The van der Waals surface area contributed by atoms with Gasteiger partial charge in [0.25, 0.3) is 0 Å². The molecule has 1 aromatic rings. The maximum atomic E-state index is 8.82. The van der Waals surface area contributed by atoms with Crippen LogP contribution in [0.5, 0.6) is 5.75 Å². The van der Waals surface area contributed by atoms with Crippen molar-refractivity contribution >= 4 is 35.6 Å². The van der Waals surface area contributed by atoms with Crippen molar-refractivity contribution in [1.29, 1.82) is 0 Å². The Bertz CT molecular complexity index is 203. The van der Waals surface area contributed by atoms with Crippen LogP contribution in [0.2, 0.25) is 0 Å². The van der Waals surface area contributed by atoms with Crippen molar-refractivity contribution in [3.8, 4) is 5.75 Å². The molecule has 0 saturated carbocycles. The van der Waals surface area contributed by atoms with Gasteiger partial charge >= 0.3 is 29.6 Å². The summed E-state index contributed by atoms with van der Waals surface area (Å²) in [7, 11) is 0. The zero-order valence-electron chi connectivity index (χ0n) is 5.04. The second-order valence-corrected chi connectivity index (χ2v) is 1.80. The molecule has 0 amide bonds. The average Bonchev–Trinajstić information content (AvgIpc) is 1.90. The molecule has 0 bridgehead atoms. The number of benzene rings is 1. The summed E-state index contributed by atoms with van der Waals surface area (Å²) in [5.41, 5.74) is 1.02. The molecule has 0 fully saturated rings. The van der Waals surface area contributed by atoms with Gasteiger partial charge in [0, 0.05) is 0 Å². The molecule has 0 atom stereocenters. The zero-order chi connectivity index (χ0) is 6.69. The second kappa shape index (κ2) is 4.56. The van der Waals surface area contributed by atoms with E-state index in [1.54, 1.807) is 18.2 Å². The summed E-state index contributed by atoms with van der Waals surface area (Å²) < 4.78 is 0. The quantitative estimate of drug-likeness (QED) is 0.590. The topological polar surface area (TPSA) is 20.2 Å². The Hall–Kier alpha value is -0.240. The van der Waals surface area contributed by atoms with E-state index in [1.165, 1.54) is 0 Å². The first-order valence-corrected chi connectivity index (χ1v) is 2.74. The maximum absolute atomic E-state index is 8.82. The Morgan fingerprint density at radius 1 is 1.20 bits per heavy atom. The number of phenols is 1. The average molecular weight is 144 g/mol. The number of hydrogen-bond acceptors (Lipinski definition) is 1. The van der Waals surface area contributed by atoms with E-state index in [1.807, 2.05) is 12.1 Å². The summed E-state index contributed by atoms with van der Waals surface area (Å²) in [6.07, 6.45) is 1.74. The van der Waals surface area contributed by atoms with Crippen molar-refractivity contribution in [2.75, 3.05) is 0 Å². The molecule has 0 heterocycles. The Labute approximate surface area is 82.7 Å². The first-order chi connectivity index (χ1) is 4.33. The fraction of sp³-hybridized carbons (Fsp3) is 0. The van der Waals surface area contributed by atoms with Gasteiger partial charge in [-0.05, 0) is 17.7 Å². The Balaban J connectivity index is 0.000000810. The predicted molar refractivity (Wildman–Crippen MR) is 45.3 cm³/mol. The summed E-state index contributed by atoms with van der Waals surface area (Å²) in [6, 6.07) is 6.89. The van der Waals surface area contributed by atoms with Crippen LogP contribution in [0.3, 0.4) is 0 Å². The minimum absolute atomic E-state index is 0. The molecule has 0 saturated heterocycles. The summed E-state index contributed by atoms with van der Waals surface area (Å²) >= 11 is 0. The number of rotatable bonds is 1. The molecule has 0 radical (unpaired) electrons. The fourth-order valence-electron chi connectivity index (χ4n) is 0.610. The number of aromatic hydroxyl groups is 1. The van der Waals surface area contributed by atoms with Gasteiger partial charge in [-0.25, -0.2) is 0 Å². The van der Waals surface area contributed by atoms with Crippen LogP contribution in [0, 0.1) is 0 Å². The van der Waals surface area contributed by atoms with Crippen molar-refractivity contribution in [3.63, 3.8) is 0 Å². The first-order valence-electron chi connectivity index (χ1n) is 2.74. The van der Waals surface area contributed by atoms with E-state index >= 15 is 0 Å². The van der Waals surface area contributed by atoms with E-state index in [-0.39, 0.29) is 29.6 Å². The van der Waals surface area contributed by atoms with Crippen LogP contribution in [0.1, 0.15) is 5.56 Å². The van der Waals surface area contributed by atoms with E-state index in [0.717, 1.165) is 5.56 Å².